The topological polar surface area (TPSA) is 29.9 Å². The molecule has 3 nitrogen and oxygen atoms in total. The fourth-order valence-corrected chi connectivity index (χ4v) is 4.30. The number of nitrogens with one attached hydrogen (secondary N) is 1. The molecule has 3 heteroatoms. The Balaban J connectivity index is 1.63. The van der Waals surface area contributed by atoms with Crippen LogP contribution < -0.4 is 5.32 Å². The van der Waals surface area contributed by atoms with Crippen LogP contribution in [0.25, 0.3) is 11.3 Å². The summed E-state index contributed by atoms with van der Waals surface area (Å²) >= 11 is 0. The molecule has 0 saturated carbocycles. The molecule has 4 rings (SSSR count). The monoisotopic (exact) mass is 437 g/mol. The Bertz CT molecular complexity index is 1070. The maximum Gasteiger partial charge on any atom is 0.126 e. The molecule has 170 valence electrons. The van der Waals surface area contributed by atoms with Crippen molar-refractivity contribution in [3.63, 3.8) is 0 Å². The smallest absolute Gasteiger partial charge is 0.126 e. The van der Waals surface area contributed by atoms with Crippen LogP contribution in [0.5, 0.6) is 0 Å². The molecule has 4 aromatic rings. The van der Waals surface area contributed by atoms with Gasteiger partial charge in [-0.1, -0.05) is 124 Å². The highest BCUT2D eigenvalue weighted by atomic mass is 15.1. The van der Waals surface area contributed by atoms with E-state index in [2.05, 4.69) is 114 Å². The molecular weight excluding hydrogens is 402 g/mol. The molecule has 0 aliphatic carbocycles. The molecule has 1 heterocycles. The summed E-state index contributed by atoms with van der Waals surface area (Å²) < 4.78 is 2.35. The second-order valence-electron chi connectivity index (χ2n) is 8.73. The van der Waals surface area contributed by atoms with E-state index in [1.807, 2.05) is 0 Å². The van der Waals surface area contributed by atoms with E-state index in [1.165, 1.54) is 42.4 Å². The van der Waals surface area contributed by atoms with Crippen LogP contribution in [0.2, 0.25) is 0 Å². The number of nitrogens with zero attached hydrogens (tertiary/aromatic N) is 2. The van der Waals surface area contributed by atoms with Crippen molar-refractivity contribution in [3.05, 3.63) is 114 Å². The van der Waals surface area contributed by atoms with Crippen molar-refractivity contribution in [1.29, 1.82) is 0 Å². The van der Waals surface area contributed by atoms with Gasteiger partial charge < -0.3 is 9.88 Å². The molecule has 0 amide bonds. The molecule has 1 atom stereocenters. The van der Waals surface area contributed by atoms with Gasteiger partial charge in [-0.2, -0.15) is 0 Å². The zero-order valence-electron chi connectivity index (χ0n) is 19.7. The lowest BCUT2D eigenvalue weighted by Gasteiger charge is -2.20. The summed E-state index contributed by atoms with van der Waals surface area (Å²) in [5.41, 5.74) is 4.81. The lowest BCUT2D eigenvalue weighted by atomic mass is 10.1. The number of aromatic nitrogens is 2. The highest BCUT2D eigenvalue weighted by Gasteiger charge is 2.19. The van der Waals surface area contributed by atoms with Gasteiger partial charge in [-0.05, 0) is 17.5 Å². The summed E-state index contributed by atoms with van der Waals surface area (Å²) in [5, 5.41) is 3.84. The molecule has 0 aliphatic rings. The molecule has 1 N–H and O–H groups in total. The largest absolute Gasteiger partial charge is 0.329 e. The second-order valence-corrected chi connectivity index (χ2v) is 8.73. The van der Waals surface area contributed by atoms with Gasteiger partial charge in [0.1, 0.15) is 5.82 Å². The van der Waals surface area contributed by atoms with Crippen LogP contribution in [0.3, 0.4) is 0 Å². The summed E-state index contributed by atoms with van der Waals surface area (Å²) in [6.45, 7) is 3.94. The van der Waals surface area contributed by atoms with E-state index in [0.29, 0.717) is 0 Å². The molecule has 0 radical (unpaired) electrons. The van der Waals surface area contributed by atoms with Crippen molar-refractivity contribution in [3.8, 4) is 11.3 Å². The Labute approximate surface area is 198 Å². The molecule has 0 fully saturated rings. The van der Waals surface area contributed by atoms with Gasteiger partial charge in [0.25, 0.3) is 0 Å². The number of rotatable bonds is 12. The quantitative estimate of drug-likeness (QED) is 0.234. The fourth-order valence-electron chi connectivity index (χ4n) is 4.30. The summed E-state index contributed by atoms with van der Waals surface area (Å²) in [7, 11) is 0. The highest BCUT2D eigenvalue weighted by molar-refractivity contribution is 5.58. The van der Waals surface area contributed by atoms with Crippen LogP contribution in [0.15, 0.2) is 97.2 Å². The molecule has 0 bridgehead atoms. The Morgan fingerprint density at radius 1 is 0.758 bits per heavy atom. The number of imidazole rings is 1. The van der Waals surface area contributed by atoms with E-state index < -0.39 is 0 Å². The second kappa shape index (κ2) is 12.2. The van der Waals surface area contributed by atoms with Crippen LogP contribution in [0, 0.1) is 0 Å². The Kier molecular flexibility index (Phi) is 8.49. The van der Waals surface area contributed by atoms with Crippen molar-refractivity contribution in [2.24, 2.45) is 0 Å². The first-order valence-corrected chi connectivity index (χ1v) is 12.3. The van der Waals surface area contributed by atoms with Gasteiger partial charge in [0.2, 0.25) is 0 Å². The third kappa shape index (κ3) is 6.66. The minimum absolute atomic E-state index is 0.211. The van der Waals surface area contributed by atoms with Crippen LogP contribution in [0.1, 0.15) is 62.0 Å². The van der Waals surface area contributed by atoms with E-state index in [-0.39, 0.29) is 6.04 Å². The summed E-state index contributed by atoms with van der Waals surface area (Å²) in [5.74, 6) is 1.13. The minimum Gasteiger partial charge on any atom is -0.329 e. The minimum atomic E-state index is 0.211. The van der Waals surface area contributed by atoms with Crippen molar-refractivity contribution >= 4 is 0 Å². The van der Waals surface area contributed by atoms with E-state index in [4.69, 9.17) is 4.98 Å². The maximum absolute atomic E-state index is 5.19. The fraction of sp³-hybridized carbons (Fsp3) is 0.300. The molecule has 3 aromatic carbocycles. The summed E-state index contributed by atoms with van der Waals surface area (Å²) in [4.78, 5) is 5.19. The standard InChI is InChI=1S/C30H35N3/c1-2-3-4-14-21-28(31-22-25-15-8-5-9-16-25)30-32-29(27-19-12-7-13-20-27)24-33(30)23-26-17-10-6-11-18-26/h5-13,15-20,24,28,31H,2-4,14,21-23H2,1H3/t28-/m0/s1. The number of benzene rings is 3. The van der Waals surface area contributed by atoms with E-state index >= 15 is 0 Å². The average molecular weight is 438 g/mol. The van der Waals surface area contributed by atoms with Crippen molar-refractivity contribution in [1.82, 2.24) is 14.9 Å². The van der Waals surface area contributed by atoms with Gasteiger partial charge in [0.05, 0.1) is 11.7 Å². The lowest BCUT2D eigenvalue weighted by Crippen LogP contribution is -2.24. The summed E-state index contributed by atoms with van der Waals surface area (Å²) in [6, 6.07) is 32.1. The lowest BCUT2D eigenvalue weighted by molar-refractivity contribution is 0.437. The molecule has 0 spiro atoms. The van der Waals surface area contributed by atoms with Crippen molar-refractivity contribution in [2.75, 3.05) is 0 Å². The normalized spacial score (nSPS) is 12.0. The molecular formula is C30H35N3. The van der Waals surface area contributed by atoms with Crippen molar-refractivity contribution < 1.29 is 0 Å². The SMILES string of the molecule is CCCCCC[C@H](NCc1ccccc1)c1nc(-c2ccccc2)cn1Cc1ccccc1. The Hall–Kier alpha value is -3.17. The Morgan fingerprint density at radius 3 is 2.06 bits per heavy atom. The van der Waals surface area contributed by atoms with Crippen LogP contribution in [-0.4, -0.2) is 9.55 Å². The van der Waals surface area contributed by atoms with E-state index in [0.717, 1.165) is 31.0 Å². The van der Waals surface area contributed by atoms with Gasteiger partial charge in [-0.15, -0.1) is 0 Å². The maximum atomic E-state index is 5.19. The number of hydrogen-bond acceptors (Lipinski definition) is 2. The first kappa shape index (κ1) is 23.0. The van der Waals surface area contributed by atoms with Crippen LogP contribution >= 0.6 is 0 Å². The average Bonchev–Trinajstić information content (AvgIpc) is 3.29. The summed E-state index contributed by atoms with van der Waals surface area (Å²) in [6.07, 6.45) is 8.33. The predicted molar refractivity (Wildman–Crippen MR) is 138 cm³/mol. The van der Waals surface area contributed by atoms with Gasteiger partial charge >= 0.3 is 0 Å². The predicted octanol–water partition coefficient (Wildman–Crippen LogP) is 7.40. The highest BCUT2D eigenvalue weighted by Crippen LogP contribution is 2.26. The van der Waals surface area contributed by atoms with Crippen LogP contribution in [0.4, 0.5) is 0 Å². The van der Waals surface area contributed by atoms with Crippen molar-refractivity contribution in [2.45, 2.75) is 58.2 Å². The molecule has 0 unspecified atom stereocenters. The third-order valence-corrected chi connectivity index (χ3v) is 6.13. The Morgan fingerprint density at radius 2 is 1.39 bits per heavy atom. The zero-order valence-corrected chi connectivity index (χ0v) is 19.7. The molecule has 0 aliphatic heterocycles. The third-order valence-electron chi connectivity index (χ3n) is 6.13. The first-order valence-electron chi connectivity index (χ1n) is 12.3. The van der Waals surface area contributed by atoms with Gasteiger partial charge in [0.15, 0.2) is 0 Å². The number of hydrogen-bond donors (Lipinski definition) is 1. The molecule has 0 saturated heterocycles. The molecule has 1 aromatic heterocycles. The number of unbranched alkanes of at least 4 members (excludes halogenated alkanes) is 3. The van der Waals surface area contributed by atoms with Gasteiger partial charge in [0, 0.05) is 24.8 Å². The van der Waals surface area contributed by atoms with E-state index in [9.17, 15) is 0 Å². The van der Waals surface area contributed by atoms with Gasteiger partial charge in [-0.3, -0.25) is 0 Å². The molecule has 33 heavy (non-hydrogen) atoms. The first-order chi connectivity index (χ1) is 16.3. The van der Waals surface area contributed by atoms with E-state index in [1.54, 1.807) is 0 Å². The zero-order chi connectivity index (χ0) is 22.7. The van der Waals surface area contributed by atoms with Gasteiger partial charge in [-0.25, -0.2) is 4.98 Å². The van der Waals surface area contributed by atoms with Crippen LogP contribution in [-0.2, 0) is 13.1 Å².